The molecule has 6 heteroatoms. The Bertz CT molecular complexity index is 981. The summed E-state index contributed by atoms with van der Waals surface area (Å²) in [5.74, 6) is 3.04. The highest BCUT2D eigenvalue weighted by Crippen LogP contribution is 2.34. The predicted molar refractivity (Wildman–Crippen MR) is 125 cm³/mol. The third-order valence-electron chi connectivity index (χ3n) is 5.18. The molecular formula is C25H34N2O4. The normalized spacial score (nSPS) is 11.5. The summed E-state index contributed by atoms with van der Waals surface area (Å²) in [5.41, 5.74) is 2.16. The number of ether oxygens (including phenoxy) is 4. The molecule has 3 aromatic rings. The molecule has 0 bridgehead atoms. The molecule has 0 saturated heterocycles. The lowest BCUT2D eigenvalue weighted by molar-refractivity contribution is 0.255. The van der Waals surface area contributed by atoms with E-state index in [1.807, 2.05) is 36.4 Å². The van der Waals surface area contributed by atoms with Crippen molar-refractivity contribution in [3.05, 3.63) is 48.2 Å². The minimum atomic E-state index is -0.107. The van der Waals surface area contributed by atoms with Gasteiger partial charge in [0.15, 0.2) is 23.0 Å². The Labute approximate surface area is 184 Å². The third kappa shape index (κ3) is 5.85. The number of H-pyrrole nitrogens is 1. The molecule has 0 aliphatic heterocycles. The van der Waals surface area contributed by atoms with Crippen LogP contribution in [0, 0.1) is 0 Å². The van der Waals surface area contributed by atoms with Crippen molar-refractivity contribution >= 4 is 10.9 Å². The Hall–Kier alpha value is -2.86. The number of hydrogen-bond donors (Lipinski definition) is 2. The molecule has 0 atom stereocenters. The van der Waals surface area contributed by atoms with E-state index >= 15 is 0 Å². The second kappa shape index (κ2) is 10.4. The van der Waals surface area contributed by atoms with Crippen LogP contribution in [0.2, 0.25) is 0 Å². The average molecular weight is 427 g/mol. The van der Waals surface area contributed by atoms with Crippen LogP contribution in [0.5, 0.6) is 23.0 Å². The first-order chi connectivity index (χ1) is 15.0. The Morgan fingerprint density at radius 3 is 2.19 bits per heavy atom. The van der Waals surface area contributed by atoms with Crippen LogP contribution in [-0.4, -0.2) is 44.5 Å². The number of hydrogen-bond acceptors (Lipinski definition) is 5. The molecule has 0 fully saturated rings. The first kappa shape index (κ1) is 22.8. The standard InChI is InChI=1S/C25H34N2O4/c1-6-12-30-21-9-7-8-10-22(21)31-13-11-27-25(2,3)16-18-17-26-20-15-24(29-5)23(28-4)14-19(18)20/h7-10,14-15,17,26-27H,6,11-13,16H2,1-5H3. The molecule has 2 N–H and O–H groups in total. The van der Waals surface area contributed by atoms with Crippen LogP contribution in [0.25, 0.3) is 10.9 Å². The molecule has 0 radical (unpaired) electrons. The minimum absolute atomic E-state index is 0.107. The van der Waals surface area contributed by atoms with Gasteiger partial charge in [0.05, 0.1) is 20.8 Å². The topological polar surface area (TPSA) is 64.7 Å². The zero-order valence-corrected chi connectivity index (χ0v) is 19.2. The fraction of sp³-hybridized carbons (Fsp3) is 0.440. The summed E-state index contributed by atoms with van der Waals surface area (Å²) in [5, 5.41) is 4.75. The van der Waals surface area contributed by atoms with Crippen molar-refractivity contribution in [2.24, 2.45) is 0 Å². The van der Waals surface area contributed by atoms with E-state index in [1.54, 1.807) is 14.2 Å². The van der Waals surface area contributed by atoms with E-state index in [4.69, 9.17) is 18.9 Å². The number of methoxy groups -OCH3 is 2. The molecule has 31 heavy (non-hydrogen) atoms. The fourth-order valence-electron chi connectivity index (χ4n) is 3.64. The smallest absolute Gasteiger partial charge is 0.162 e. The Balaban J connectivity index is 1.58. The molecule has 168 valence electrons. The SMILES string of the molecule is CCCOc1ccccc1OCCNC(C)(C)Cc1c[nH]c2cc(OC)c(OC)cc12. The summed E-state index contributed by atoms with van der Waals surface area (Å²) in [6, 6.07) is 11.8. The predicted octanol–water partition coefficient (Wildman–Crippen LogP) is 4.96. The van der Waals surface area contributed by atoms with Crippen LogP contribution >= 0.6 is 0 Å². The van der Waals surface area contributed by atoms with Crippen LogP contribution in [0.4, 0.5) is 0 Å². The summed E-state index contributed by atoms with van der Waals surface area (Å²) in [7, 11) is 3.31. The van der Waals surface area contributed by atoms with E-state index in [0.29, 0.717) is 13.2 Å². The van der Waals surface area contributed by atoms with Gasteiger partial charge >= 0.3 is 0 Å². The maximum Gasteiger partial charge on any atom is 0.162 e. The van der Waals surface area contributed by atoms with Gasteiger partial charge in [0.2, 0.25) is 0 Å². The number of aromatic nitrogens is 1. The quantitative estimate of drug-likeness (QED) is 0.401. The van der Waals surface area contributed by atoms with Crippen molar-refractivity contribution in [1.82, 2.24) is 10.3 Å². The number of aromatic amines is 1. The van der Waals surface area contributed by atoms with Crippen molar-refractivity contribution in [3.63, 3.8) is 0 Å². The summed E-state index contributed by atoms with van der Waals surface area (Å²) in [4.78, 5) is 3.35. The molecule has 0 saturated carbocycles. The third-order valence-corrected chi connectivity index (χ3v) is 5.18. The molecule has 1 heterocycles. The highest BCUT2D eigenvalue weighted by Gasteiger charge is 2.20. The lowest BCUT2D eigenvalue weighted by atomic mass is 9.94. The van der Waals surface area contributed by atoms with Crippen molar-refractivity contribution in [2.75, 3.05) is 34.0 Å². The van der Waals surface area contributed by atoms with Crippen molar-refractivity contribution < 1.29 is 18.9 Å². The highest BCUT2D eigenvalue weighted by molar-refractivity contribution is 5.86. The monoisotopic (exact) mass is 426 g/mol. The van der Waals surface area contributed by atoms with Crippen LogP contribution in [0.1, 0.15) is 32.8 Å². The zero-order valence-electron chi connectivity index (χ0n) is 19.2. The summed E-state index contributed by atoms with van der Waals surface area (Å²) in [6.45, 7) is 8.47. The molecule has 0 aliphatic carbocycles. The molecule has 0 aliphatic rings. The number of para-hydroxylation sites is 2. The van der Waals surface area contributed by atoms with Gasteiger partial charge in [-0.3, -0.25) is 0 Å². The van der Waals surface area contributed by atoms with E-state index in [9.17, 15) is 0 Å². The molecule has 0 spiro atoms. The van der Waals surface area contributed by atoms with Gasteiger partial charge in [-0.1, -0.05) is 19.1 Å². The van der Waals surface area contributed by atoms with E-state index < -0.39 is 0 Å². The van der Waals surface area contributed by atoms with Gasteiger partial charge in [-0.2, -0.15) is 0 Å². The van der Waals surface area contributed by atoms with Gasteiger partial charge in [0.1, 0.15) is 6.61 Å². The number of benzene rings is 2. The average Bonchev–Trinajstić information content (AvgIpc) is 3.15. The molecule has 0 unspecified atom stereocenters. The van der Waals surface area contributed by atoms with Crippen molar-refractivity contribution in [3.8, 4) is 23.0 Å². The first-order valence-corrected chi connectivity index (χ1v) is 10.8. The maximum absolute atomic E-state index is 5.97. The van der Waals surface area contributed by atoms with E-state index in [2.05, 4.69) is 37.3 Å². The summed E-state index contributed by atoms with van der Waals surface area (Å²) < 4.78 is 22.6. The number of fused-ring (bicyclic) bond motifs is 1. The second-order valence-electron chi connectivity index (χ2n) is 8.20. The van der Waals surface area contributed by atoms with Gasteiger partial charge in [0.25, 0.3) is 0 Å². The van der Waals surface area contributed by atoms with E-state index in [-0.39, 0.29) is 5.54 Å². The van der Waals surface area contributed by atoms with Gasteiger partial charge in [0, 0.05) is 35.2 Å². The maximum atomic E-state index is 5.97. The van der Waals surface area contributed by atoms with Gasteiger partial charge < -0.3 is 29.2 Å². The minimum Gasteiger partial charge on any atom is -0.493 e. The highest BCUT2D eigenvalue weighted by atomic mass is 16.5. The Morgan fingerprint density at radius 2 is 1.55 bits per heavy atom. The summed E-state index contributed by atoms with van der Waals surface area (Å²) in [6.07, 6.45) is 3.89. The zero-order chi connectivity index (χ0) is 22.3. The molecule has 6 nitrogen and oxygen atoms in total. The first-order valence-electron chi connectivity index (χ1n) is 10.8. The van der Waals surface area contributed by atoms with Crippen molar-refractivity contribution in [2.45, 2.75) is 39.2 Å². The Kier molecular flexibility index (Phi) is 7.69. The lowest BCUT2D eigenvalue weighted by Gasteiger charge is -2.26. The van der Waals surface area contributed by atoms with Crippen LogP contribution < -0.4 is 24.3 Å². The molecule has 1 aromatic heterocycles. The lowest BCUT2D eigenvalue weighted by Crippen LogP contribution is -2.43. The largest absolute Gasteiger partial charge is 0.493 e. The van der Waals surface area contributed by atoms with E-state index in [1.165, 1.54) is 5.56 Å². The Morgan fingerprint density at radius 1 is 0.903 bits per heavy atom. The number of rotatable bonds is 12. The number of nitrogens with one attached hydrogen (secondary N) is 2. The van der Waals surface area contributed by atoms with Crippen LogP contribution in [-0.2, 0) is 6.42 Å². The second-order valence-corrected chi connectivity index (χ2v) is 8.20. The van der Waals surface area contributed by atoms with Crippen molar-refractivity contribution in [1.29, 1.82) is 0 Å². The van der Waals surface area contributed by atoms with E-state index in [0.717, 1.165) is 53.3 Å². The van der Waals surface area contributed by atoms with Gasteiger partial charge in [-0.25, -0.2) is 0 Å². The summed E-state index contributed by atoms with van der Waals surface area (Å²) >= 11 is 0. The molecule has 3 rings (SSSR count). The van der Waals surface area contributed by atoms with Crippen LogP contribution in [0.15, 0.2) is 42.6 Å². The molecule has 2 aromatic carbocycles. The van der Waals surface area contributed by atoms with Gasteiger partial charge in [-0.05, 0) is 50.5 Å². The van der Waals surface area contributed by atoms with Crippen LogP contribution in [0.3, 0.4) is 0 Å². The fourth-order valence-corrected chi connectivity index (χ4v) is 3.64. The molecule has 0 amide bonds. The van der Waals surface area contributed by atoms with Gasteiger partial charge in [-0.15, -0.1) is 0 Å². The molecular weight excluding hydrogens is 392 g/mol.